The van der Waals surface area contributed by atoms with E-state index in [2.05, 4.69) is 35.2 Å². The van der Waals surface area contributed by atoms with Crippen molar-refractivity contribution < 1.29 is 8.81 Å². The van der Waals surface area contributed by atoms with Crippen LogP contribution < -0.4 is 0 Å². The zero-order valence-corrected chi connectivity index (χ0v) is 17.9. The second-order valence-electron chi connectivity index (χ2n) is 8.52. The van der Waals surface area contributed by atoms with Crippen molar-refractivity contribution in [1.82, 2.24) is 4.90 Å². The van der Waals surface area contributed by atoms with Crippen LogP contribution in [-0.4, -0.2) is 18.0 Å². The fourth-order valence-electron chi connectivity index (χ4n) is 4.95. The Kier molecular flexibility index (Phi) is 5.51. The Hall–Kier alpha value is -3.42. The van der Waals surface area contributed by atoms with Gasteiger partial charge in [-0.25, -0.2) is 4.39 Å². The molecule has 3 aromatic carbocycles. The van der Waals surface area contributed by atoms with E-state index in [1.165, 1.54) is 6.07 Å². The monoisotopic (exact) mass is 424 g/mol. The van der Waals surface area contributed by atoms with Crippen LogP contribution in [0, 0.1) is 17.1 Å². The van der Waals surface area contributed by atoms with Gasteiger partial charge in [-0.15, -0.1) is 0 Å². The van der Waals surface area contributed by atoms with Gasteiger partial charge in [0.2, 0.25) is 0 Å². The molecule has 1 aliphatic heterocycles. The molecule has 1 aromatic heterocycles. The third kappa shape index (κ3) is 3.70. The number of halogens is 1. The molecule has 4 heteroatoms. The van der Waals surface area contributed by atoms with Gasteiger partial charge in [0.15, 0.2) is 0 Å². The highest BCUT2D eigenvalue weighted by molar-refractivity contribution is 5.82. The van der Waals surface area contributed by atoms with E-state index in [1.54, 1.807) is 12.1 Å². The van der Waals surface area contributed by atoms with Crippen molar-refractivity contribution in [3.05, 3.63) is 107 Å². The maximum atomic E-state index is 13.8. The first-order valence-corrected chi connectivity index (χ1v) is 11.1. The molecule has 0 saturated carbocycles. The van der Waals surface area contributed by atoms with Crippen molar-refractivity contribution in [3.63, 3.8) is 0 Å². The number of nitriles is 1. The van der Waals surface area contributed by atoms with Gasteiger partial charge in [-0.05, 0) is 48.7 Å². The minimum absolute atomic E-state index is 0.234. The number of hydrogen-bond donors (Lipinski definition) is 0. The van der Waals surface area contributed by atoms with Gasteiger partial charge >= 0.3 is 0 Å². The summed E-state index contributed by atoms with van der Waals surface area (Å²) in [5.41, 5.74) is 3.25. The van der Waals surface area contributed by atoms with Crippen LogP contribution in [0.15, 0.2) is 83.3 Å². The molecule has 0 spiro atoms. The zero-order chi connectivity index (χ0) is 22.0. The molecule has 4 aromatic rings. The number of furan rings is 1. The standard InChI is InChI=1S/C28H25FN2O/c29-23-12-13-26-24(18-23)25-19-31(17-14-27(25)32-26)16-7-15-28(20-30,21-8-3-1-4-9-21)22-10-5-2-6-11-22/h1-6,8-13,18H,7,14-17,19H2. The molecule has 2 heterocycles. The summed E-state index contributed by atoms with van der Waals surface area (Å²) in [5.74, 6) is 0.740. The summed E-state index contributed by atoms with van der Waals surface area (Å²) in [4.78, 5) is 2.39. The number of rotatable bonds is 6. The average Bonchev–Trinajstić information content (AvgIpc) is 3.20. The first-order valence-electron chi connectivity index (χ1n) is 11.1. The molecule has 5 rings (SSSR count). The Balaban J connectivity index is 1.35. The summed E-state index contributed by atoms with van der Waals surface area (Å²) in [6.07, 6.45) is 2.45. The van der Waals surface area contributed by atoms with Crippen LogP contribution in [0.25, 0.3) is 11.0 Å². The van der Waals surface area contributed by atoms with E-state index in [0.717, 1.165) is 72.3 Å². The van der Waals surface area contributed by atoms with E-state index in [9.17, 15) is 9.65 Å². The van der Waals surface area contributed by atoms with Crippen LogP contribution >= 0.6 is 0 Å². The van der Waals surface area contributed by atoms with Gasteiger partial charge in [0, 0.05) is 30.5 Å². The third-order valence-corrected chi connectivity index (χ3v) is 6.62. The van der Waals surface area contributed by atoms with Crippen molar-refractivity contribution >= 4 is 11.0 Å². The molecule has 0 amide bonds. The molecule has 3 nitrogen and oxygen atoms in total. The Morgan fingerprint density at radius 1 is 0.969 bits per heavy atom. The molecule has 1 aliphatic rings. The summed E-state index contributed by atoms with van der Waals surface area (Å²) >= 11 is 0. The first-order chi connectivity index (χ1) is 15.7. The molecule has 32 heavy (non-hydrogen) atoms. The number of nitrogens with zero attached hydrogens (tertiary/aromatic N) is 2. The van der Waals surface area contributed by atoms with E-state index in [4.69, 9.17) is 4.42 Å². The van der Waals surface area contributed by atoms with E-state index in [0.29, 0.717) is 0 Å². The second-order valence-corrected chi connectivity index (χ2v) is 8.52. The molecular weight excluding hydrogens is 399 g/mol. The molecule has 0 radical (unpaired) electrons. The van der Waals surface area contributed by atoms with E-state index in [1.807, 2.05) is 36.4 Å². The lowest BCUT2D eigenvalue weighted by atomic mass is 9.72. The van der Waals surface area contributed by atoms with Gasteiger partial charge in [0.1, 0.15) is 22.6 Å². The Bertz CT molecular complexity index is 1220. The molecule has 0 N–H and O–H groups in total. The number of benzene rings is 3. The lowest BCUT2D eigenvalue weighted by molar-refractivity contribution is 0.235. The summed E-state index contributed by atoms with van der Waals surface area (Å²) < 4.78 is 19.7. The predicted octanol–water partition coefficient (Wildman–Crippen LogP) is 6.22. The van der Waals surface area contributed by atoms with Crippen LogP contribution in [-0.2, 0) is 18.4 Å². The van der Waals surface area contributed by atoms with Crippen molar-refractivity contribution in [2.24, 2.45) is 0 Å². The lowest BCUT2D eigenvalue weighted by Crippen LogP contribution is -2.33. The maximum absolute atomic E-state index is 13.8. The minimum atomic E-state index is -0.672. The molecule has 0 fully saturated rings. The number of hydrogen-bond acceptors (Lipinski definition) is 3. The normalized spacial score (nSPS) is 14.2. The topological polar surface area (TPSA) is 40.2 Å². The van der Waals surface area contributed by atoms with Crippen LogP contribution in [0.2, 0.25) is 0 Å². The molecular formula is C28H25FN2O. The minimum Gasteiger partial charge on any atom is -0.461 e. The smallest absolute Gasteiger partial charge is 0.134 e. The van der Waals surface area contributed by atoms with Crippen LogP contribution in [0.5, 0.6) is 0 Å². The van der Waals surface area contributed by atoms with Crippen molar-refractivity contribution in [1.29, 1.82) is 5.26 Å². The highest BCUT2D eigenvalue weighted by atomic mass is 19.1. The van der Waals surface area contributed by atoms with Gasteiger partial charge in [-0.2, -0.15) is 5.26 Å². The SMILES string of the molecule is N#CC(CCCN1CCc2oc3ccc(F)cc3c2C1)(c1ccccc1)c1ccccc1. The maximum Gasteiger partial charge on any atom is 0.134 e. The number of fused-ring (bicyclic) bond motifs is 3. The fraction of sp³-hybridized carbons (Fsp3) is 0.250. The average molecular weight is 425 g/mol. The van der Waals surface area contributed by atoms with Gasteiger partial charge in [0.25, 0.3) is 0 Å². The van der Waals surface area contributed by atoms with E-state index >= 15 is 0 Å². The van der Waals surface area contributed by atoms with Gasteiger partial charge in [-0.1, -0.05) is 60.7 Å². The molecule has 0 saturated heterocycles. The van der Waals surface area contributed by atoms with Gasteiger partial charge in [-0.3, -0.25) is 4.90 Å². The quantitative estimate of drug-likeness (QED) is 0.369. The van der Waals surface area contributed by atoms with Gasteiger partial charge in [0.05, 0.1) is 6.07 Å². The van der Waals surface area contributed by atoms with Crippen LogP contribution in [0.4, 0.5) is 4.39 Å². The lowest BCUT2D eigenvalue weighted by Gasteiger charge is -2.30. The van der Waals surface area contributed by atoms with Crippen molar-refractivity contribution in [2.45, 2.75) is 31.2 Å². The fourth-order valence-corrected chi connectivity index (χ4v) is 4.95. The summed E-state index contributed by atoms with van der Waals surface area (Å²) in [6, 6.07) is 27.6. The Morgan fingerprint density at radius 2 is 1.66 bits per heavy atom. The zero-order valence-electron chi connectivity index (χ0n) is 17.9. The second kappa shape index (κ2) is 8.61. The van der Waals surface area contributed by atoms with E-state index in [-0.39, 0.29) is 5.82 Å². The third-order valence-electron chi connectivity index (χ3n) is 6.62. The molecule has 0 unspecified atom stereocenters. The highest BCUT2D eigenvalue weighted by Crippen LogP contribution is 2.37. The summed E-state index contributed by atoms with van der Waals surface area (Å²) in [5, 5.41) is 11.2. The van der Waals surface area contributed by atoms with Crippen molar-refractivity contribution in [3.8, 4) is 6.07 Å². The Morgan fingerprint density at radius 3 is 2.31 bits per heavy atom. The predicted molar refractivity (Wildman–Crippen MR) is 124 cm³/mol. The summed E-state index contributed by atoms with van der Waals surface area (Å²) in [7, 11) is 0. The largest absolute Gasteiger partial charge is 0.461 e. The van der Waals surface area contributed by atoms with E-state index < -0.39 is 5.41 Å². The molecule has 0 aliphatic carbocycles. The molecule has 0 atom stereocenters. The Labute approximate surface area is 187 Å². The summed E-state index contributed by atoms with van der Waals surface area (Å²) in [6.45, 7) is 2.54. The van der Waals surface area contributed by atoms with Crippen LogP contribution in [0.1, 0.15) is 35.3 Å². The van der Waals surface area contributed by atoms with Gasteiger partial charge < -0.3 is 4.42 Å². The first kappa shape index (κ1) is 20.5. The molecule has 0 bridgehead atoms. The van der Waals surface area contributed by atoms with Crippen LogP contribution in [0.3, 0.4) is 0 Å². The highest BCUT2D eigenvalue weighted by Gasteiger charge is 2.34. The molecule has 160 valence electrons. The van der Waals surface area contributed by atoms with Crippen molar-refractivity contribution in [2.75, 3.05) is 13.1 Å².